The summed E-state index contributed by atoms with van der Waals surface area (Å²) in [5, 5.41) is 11.9. The average Bonchev–Trinajstić information content (AvgIpc) is 2.64. The number of carbonyl (C=O) groups is 3. The van der Waals surface area contributed by atoms with Gasteiger partial charge in [0.15, 0.2) is 11.6 Å². The molecule has 3 amide bonds. The fraction of sp³-hybridized carbons (Fsp3) is 0.348. The Morgan fingerprint density at radius 2 is 1.65 bits per heavy atom. The number of carbonyl (C=O) groups excluding carboxylic acids is 2. The van der Waals surface area contributed by atoms with E-state index < -0.39 is 57.7 Å². The lowest BCUT2D eigenvalue weighted by molar-refractivity contribution is 0.0580. The van der Waals surface area contributed by atoms with Crippen LogP contribution in [-0.4, -0.2) is 28.8 Å². The number of halogens is 3. The van der Waals surface area contributed by atoms with Crippen molar-refractivity contribution in [2.24, 2.45) is 0 Å². The fourth-order valence-electron chi connectivity index (χ4n) is 3.03. The van der Waals surface area contributed by atoms with Gasteiger partial charge < -0.3 is 20.9 Å². The summed E-state index contributed by atoms with van der Waals surface area (Å²) in [4.78, 5) is 37.3. The summed E-state index contributed by atoms with van der Waals surface area (Å²) in [5.74, 6) is -3.32. The van der Waals surface area contributed by atoms with Crippen LogP contribution in [0.5, 0.6) is 0 Å². The van der Waals surface area contributed by atoms with E-state index in [-0.39, 0.29) is 21.2 Å². The van der Waals surface area contributed by atoms with E-state index in [1.165, 1.54) is 59.7 Å². The minimum Gasteiger partial charge on any atom is -0.464 e. The van der Waals surface area contributed by atoms with Gasteiger partial charge in [0.05, 0.1) is 22.0 Å². The molecule has 2 aromatic rings. The third kappa shape index (κ3) is 5.93. The lowest BCUT2D eigenvalue weighted by Gasteiger charge is -2.28. The van der Waals surface area contributed by atoms with E-state index in [0.29, 0.717) is 6.07 Å². The van der Waals surface area contributed by atoms with Crippen molar-refractivity contribution >= 4 is 46.8 Å². The highest BCUT2D eigenvalue weighted by Gasteiger charge is 2.36. The quantitative estimate of drug-likeness (QED) is 0.436. The molecule has 184 valence electrons. The van der Waals surface area contributed by atoms with Gasteiger partial charge in [0.25, 0.3) is 5.91 Å². The normalized spacial score (nSPS) is 11.7. The molecule has 0 radical (unpaired) electrons. The van der Waals surface area contributed by atoms with Crippen molar-refractivity contribution in [2.45, 2.75) is 52.6 Å². The highest BCUT2D eigenvalue weighted by Crippen LogP contribution is 2.38. The molecule has 4 N–H and O–H groups in total. The molecule has 0 spiro atoms. The Kier molecular flexibility index (Phi) is 7.47. The van der Waals surface area contributed by atoms with Crippen LogP contribution in [0, 0.1) is 11.6 Å². The summed E-state index contributed by atoms with van der Waals surface area (Å²) >= 11 is 6.04. The van der Waals surface area contributed by atoms with Gasteiger partial charge in [-0.2, -0.15) is 4.90 Å². The lowest BCUT2D eigenvalue weighted by Crippen LogP contribution is -2.41. The van der Waals surface area contributed by atoms with Gasteiger partial charge in [-0.3, -0.25) is 4.79 Å². The highest BCUT2D eigenvalue weighted by atomic mass is 35.5. The summed E-state index contributed by atoms with van der Waals surface area (Å²) in [6.45, 7) is 8.93. The number of hydrogen-bond acceptors (Lipinski definition) is 5. The molecule has 0 aromatic heterocycles. The second-order valence-electron chi connectivity index (χ2n) is 9.49. The zero-order valence-electron chi connectivity index (χ0n) is 19.5. The fourth-order valence-corrected chi connectivity index (χ4v) is 3.23. The van der Waals surface area contributed by atoms with Gasteiger partial charge in [0, 0.05) is 11.3 Å². The average molecular weight is 498 g/mol. The van der Waals surface area contributed by atoms with Crippen molar-refractivity contribution in [2.75, 3.05) is 16.0 Å². The lowest BCUT2D eigenvalue weighted by atomic mass is 9.85. The minimum atomic E-state index is -1.87. The molecule has 0 aliphatic heterocycles. The molecule has 11 heteroatoms. The molecule has 0 heterocycles. The van der Waals surface area contributed by atoms with Crippen molar-refractivity contribution < 1.29 is 33.0 Å². The Balaban J connectivity index is 2.72. The summed E-state index contributed by atoms with van der Waals surface area (Å²) in [5.41, 5.74) is 1.59. The number of amides is 3. The largest absolute Gasteiger partial charge is 0.464 e. The second-order valence-corrected chi connectivity index (χ2v) is 9.90. The van der Waals surface area contributed by atoms with E-state index in [4.69, 9.17) is 22.1 Å². The molecule has 2 rings (SSSR count). The van der Waals surface area contributed by atoms with Crippen molar-refractivity contribution in [3.05, 3.63) is 52.0 Å². The van der Waals surface area contributed by atoms with Crippen LogP contribution in [0.2, 0.25) is 5.02 Å². The predicted molar refractivity (Wildman–Crippen MR) is 126 cm³/mol. The van der Waals surface area contributed by atoms with Crippen molar-refractivity contribution in [1.29, 1.82) is 0 Å². The second kappa shape index (κ2) is 9.46. The number of nitrogens with zero attached hydrogens (tertiary/aromatic N) is 1. The van der Waals surface area contributed by atoms with Crippen LogP contribution in [0.15, 0.2) is 24.3 Å². The number of nitrogens with two attached hydrogens (primary N) is 1. The predicted octanol–water partition coefficient (Wildman–Crippen LogP) is 6.17. The van der Waals surface area contributed by atoms with Crippen LogP contribution in [0.4, 0.5) is 35.4 Å². The van der Waals surface area contributed by atoms with E-state index in [9.17, 15) is 19.5 Å². The molecular weight excluding hydrogens is 472 g/mol. The summed E-state index contributed by atoms with van der Waals surface area (Å²) in [7, 11) is 0. The van der Waals surface area contributed by atoms with Crippen LogP contribution in [0.3, 0.4) is 0 Å². The van der Waals surface area contributed by atoms with Crippen LogP contribution in [-0.2, 0) is 10.2 Å². The third-order valence-corrected chi connectivity index (χ3v) is 4.75. The zero-order valence-corrected chi connectivity index (χ0v) is 20.3. The highest BCUT2D eigenvalue weighted by molar-refractivity contribution is 6.34. The summed E-state index contributed by atoms with van der Waals surface area (Å²) in [6.07, 6.45) is -3.27. The van der Waals surface area contributed by atoms with E-state index in [1.807, 2.05) is 0 Å². The first-order valence-corrected chi connectivity index (χ1v) is 10.5. The van der Waals surface area contributed by atoms with Gasteiger partial charge in [0.2, 0.25) is 0 Å². The number of benzene rings is 2. The van der Waals surface area contributed by atoms with Crippen LogP contribution in [0.25, 0.3) is 0 Å². The Morgan fingerprint density at radius 3 is 2.15 bits per heavy atom. The van der Waals surface area contributed by atoms with Crippen LogP contribution in [0.1, 0.15) is 57.5 Å². The third-order valence-electron chi connectivity index (χ3n) is 4.42. The molecule has 0 saturated carbocycles. The maximum atomic E-state index is 15.5. The number of nitrogen functional groups attached to an aromatic ring is 1. The maximum Gasteiger partial charge on any atom is 0.424 e. The van der Waals surface area contributed by atoms with Gasteiger partial charge in [-0.25, -0.2) is 18.4 Å². The van der Waals surface area contributed by atoms with E-state index in [1.54, 1.807) is 0 Å². The first kappa shape index (κ1) is 26.8. The molecule has 0 atom stereocenters. The maximum absolute atomic E-state index is 15.5. The van der Waals surface area contributed by atoms with Crippen molar-refractivity contribution in [3.8, 4) is 0 Å². The van der Waals surface area contributed by atoms with Gasteiger partial charge in [-0.1, -0.05) is 32.4 Å². The monoisotopic (exact) mass is 497 g/mol. The molecule has 0 aliphatic rings. The van der Waals surface area contributed by atoms with E-state index in [0.717, 1.165) is 0 Å². The Morgan fingerprint density at radius 1 is 1.06 bits per heavy atom. The van der Waals surface area contributed by atoms with Crippen LogP contribution < -0.4 is 16.0 Å². The smallest absolute Gasteiger partial charge is 0.424 e. The minimum absolute atomic E-state index is 0.0123. The number of rotatable bonds is 3. The van der Waals surface area contributed by atoms with Crippen molar-refractivity contribution in [3.63, 3.8) is 0 Å². The Bertz CT molecular complexity index is 1160. The number of nitrogens with one attached hydrogen (secondary N) is 1. The molecule has 0 bridgehead atoms. The van der Waals surface area contributed by atoms with Gasteiger partial charge in [-0.15, -0.1) is 0 Å². The van der Waals surface area contributed by atoms with Crippen LogP contribution >= 0.6 is 11.6 Å². The number of hydrogen-bond donors (Lipinski definition) is 3. The molecule has 8 nitrogen and oxygen atoms in total. The summed E-state index contributed by atoms with van der Waals surface area (Å²) < 4.78 is 36.0. The molecule has 0 aliphatic carbocycles. The Hall–Kier alpha value is -3.40. The zero-order chi connectivity index (χ0) is 26.2. The number of carboxylic acid groups (broad SMARTS) is 1. The number of imide groups is 1. The van der Waals surface area contributed by atoms with Gasteiger partial charge in [0.1, 0.15) is 5.60 Å². The first-order valence-electron chi connectivity index (χ1n) is 10.1. The standard InChI is InChI=1S/C23H26ClF2N3O5/c1-22(2,3)16-17(25)14(28-19(30)12-9-11(27)7-8-13(12)24)10-15(18(16)26)29(20(31)32)21(33)34-23(4,5)6/h7-10H,27H2,1-6H3,(H,28,30)(H,31,32). The Labute approximate surface area is 200 Å². The molecule has 0 unspecified atom stereocenters. The topological polar surface area (TPSA) is 122 Å². The molecule has 34 heavy (non-hydrogen) atoms. The van der Waals surface area contributed by atoms with E-state index in [2.05, 4.69) is 5.32 Å². The molecule has 0 saturated heterocycles. The van der Waals surface area contributed by atoms with E-state index >= 15 is 8.78 Å². The number of ether oxygens (including phenoxy) is 1. The molecular formula is C23H26ClF2N3O5. The van der Waals surface area contributed by atoms with Gasteiger partial charge in [-0.05, 0) is 50.5 Å². The van der Waals surface area contributed by atoms with Gasteiger partial charge >= 0.3 is 12.2 Å². The SMILES string of the molecule is CC(C)(C)OC(=O)N(C(=O)O)c1cc(NC(=O)c2cc(N)ccc2Cl)c(F)c(C(C)(C)C)c1F. The van der Waals surface area contributed by atoms with Crippen molar-refractivity contribution in [1.82, 2.24) is 0 Å². The number of anilines is 3. The molecule has 0 fully saturated rings. The first-order chi connectivity index (χ1) is 15.4. The molecule has 2 aromatic carbocycles. The summed E-state index contributed by atoms with van der Waals surface area (Å²) in [6, 6.07) is 4.79.